The van der Waals surface area contributed by atoms with E-state index in [0.717, 1.165) is 54.2 Å². The van der Waals surface area contributed by atoms with Crippen LogP contribution in [0.1, 0.15) is 0 Å². The van der Waals surface area contributed by atoms with E-state index >= 15 is 0 Å². The molecule has 3 aromatic heterocycles. The second-order valence-corrected chi connectivity index (χ2v) is 7.36. The highest BCUT2D eigenvalue weighted by molar-refractivity contribution is 6.01. The Morgan fingerprint density at radius 3 is 2.55 bits per heavy atom. The van der Waals surface area contributed by atoms with Gasteiger partial charge in [0.15, 0.2) is 0 Å². The number of benzene rings is 1. The zero-order chi connectivity index (χ0) is 21.2. The number of nitrogens with one attached hydrogen (secondary N) is 2. The molecule has 1 aliphatic heterocycles. The monoisotopic (exact) mass is 414 g/mol. The molecule has 5 rings (SSSR count). The number of nitrogens with two attached hydrogens (primary N) is 1. The minimum Gasteiger partial charge on any atom is -0.384 e. The van der Waals surface area contributed by atoms with Crippen molar-refractivity contribution in [2.45, 2.75) is 0 Å². The molecule has 4 aromatic rings. The lowest BCUT2D eigenvalue weighted by Gasteiger charge is -2.28. The number of pyridine rings is 3. The molecule has 0 atom stereocenters. The molecule has 1 saturated heterocycles. The van der Waals surface area contributed by atoms with Gasteiger partial charge < -0.3 is 25.7 Å². The number of ether oxygens (including phenoxy) is 1. The Bertz CT molecular complexity index is 1260. The second kappa shape index (κ2) is 8.08. The lowest BCUT2D eigenvalue weighted by atomic mass is 10.0. The molecular weight excluding hydrogens is 392 g/mol. The summed E-state index contributed by atoms with van der Waals surface area (Å²) in [6.07, 6.45) is 5.07. The van der Waals surface area contributed by atoms with Crippen molar-refractivity contribution in [1.29, 1.82) is 0 Å². The third-order valence-electron chi connectivity index (χ3n) is 5.41. The molecule has 8 nitrogen and oxygen atoms in total. The molecule has 0 unspecified atom stereocenters. The van der Waals surface area contributed by atoms with Gasteiger partial charge in [-0.25, -0.2) is 9.97 Å². The van der Waals surface area contributed by atoms with Crippen molar-refractivity contribution in [2.75, 3.05) is 42.3 Å². The topological polar surface area (TPSA) is 109 Å². The third-order valence-corrected chi connectivity index (χ3v) is 5.41. The van der Waals surface area contributed by atoms with Gasteiger partial charge in [-0.2, -0.15) is 0 Å². The van der Waals surface area contributed by atoms with Crippen LogP contribution in [-0.4, -0.2) is 41.3 Å². The minimum atomic E-state index is -0.206. The van der Waals surface area contributed by atoms with E-state index in [1.54, 1.807) is 24.7 Å². The molecule has 1 aromatic carbocycles. The number of aromatic amines is 1. The highest BCUT2D eigenvalue weighted by atomic mass is 16.5. The van der Waals surface area contributed by atoms with E-state index in [1.807, 2.05) is 24.3 Å². The largest absolute Gasteiger partial charge is 0.384 e. The second-order valence-electron chi connectivity index (χ2n) is 7.36. The first kappa shape index (κ1) is 19.1. The Kier molecular flexibility index (Phi) is 4.97. The summed E-state index contributed by atoms with van der Waals surface area (Å²) in [4.78, 5) is 26.5. The van der Waals surface area contributed by atoms with Crippen LogP contribution in [0.2, 0.25) is 0 Å². The van der Waals surface area contributed by atoms with Crippen LogP contribution in [0.3, 0.4) is 0 Å². The fourth-order valence-electron chi connectivity index (χ4n) is 3.80. The Morgan fingerprint density at radius 1 is 1.00 bits per heavy atom. The zero-order valence-corrected chi connectivity index (χ0v) is 16.8. The smallest absolute Gasteiger partial charge is 0.259 e. The Hall–Kier alpha value is -3.91. The molecule has 1 aliphatic rings. The maximum absolute atomic E-state index is 12.7. The fraction of sp³-hybridized carbons (Fsp3) is 0.174. The van der Waals surface area contributed by atoms with Crippen molar-refractivity contribution in [3.05, 3.63) is 71.4 Å². The standard InChI is InChI=1S/C23H22N6O2/c24-20-6-1-15(13-26-20)19-14-27-22(21-18(19)7-8-25-23(21)30)28-16-2-4-17(5-3-16)29-9-11-31-12-10-29/h1-8,13-14H,9-12H2,(H2,24,26)(H,25,30)(H,27,28). The van der Waals surface area contributed by atoms with Gasteiger partial charge in [-0.15, -0.1) is 0 Å². The zero-order valence-electron chi connectivity index (χ0n) is 16.8. The average molecular weight is 414 g/mol. The van der Waals surface area contributed by atoms with Gasteiger partial charge in [-0.3, -0.25) is 4.79 Å². The predicted octanol–water partition coefficient (Wildman–Crippen LogP) is 3.15. The Balaban J connectivity index is 1.50. The average Bonchev–Trinajstić information content (AvgIpc) is 2.81. The normalized spacial score (nSPS) is 14.0. The van der Waals surface area contributed by atoms with Gasteiger partial charge in [0, 0.05) is 59.6 Å². The van der Waals surface area contributed by atoms with Crippen molar-refractivity contribution in [3.63, 3.8) is 0 Å². The molecular formula is C23H22N6O2. The number of anilines is 4. The number of aromatic nitrogens is 3. The number of morpholine rings is 1. The Morgan fingerprint density at radius 2 is 1.81 bits per heavy atom. The van der Waals surface area contributed by atoms with Gasteiger partial charge in [0.1, 0.15) is 11.6 Å². The molecule has 1 fully saturated rings. The highest BCUT2D eigenvalue weighted by Crippen LogP contribution is 2.31. The van der Waals surface area contributed by atoms with Crippen molar-refractivity contribution in [2.24, 2.45) is 0 Å². The number of hydrogen-bond acceptors (Lipinski definition) is 7. The quantitative estimate of drug-likeness (QED) is 0.471. The lowest BCUT2D eigenvalue weighted by molar-refractivity contribution is 0.122. The highest BCUT2D eigenvalue weighted by Gasteiger charge is 2.14. The number of H-pyrrole nitrogens is 1. The van der Waals surface area contributed by atoms with Crippen molar-refractivity contribution >= 4 is 33.8 Å². The molecule has 0 radical (unpaired) electrons. The minimum absolute atomic E-state index is 0.206. The van der Waals surface area contributed by atoms with E-state index in [9.17, 15) is 4.79 Å². The van der Waals surface area contributed by atoms with Crippen LogP contribution in [0.25, 0.3) is 21.9 Å². The predicted molar refractivity (Wildman–Crippen MR) is 123 cm³/mol. The molecule has 0 amide bonds. The van der Waals surface area contributed by atoms with Crippen LogP contribution in [0.4, 0.5) is 23.0 Å². The Labute approximate surface area is 178 Å². The fourth-order valence-corrected chi connectivity index (χ4v) is 3.80. The summed E-state index contributed by atoms with van der Waals surface area (Å²) < 4.78 is 5.42. The first-order chi connectivity index (χ1) is 15.2. The number of nitrogen functional groups attached to an aromatic ring is 1. The van der Waals surface area contributed by atoms with Gasteiger partial charge in [0.25, 0.3) is 5.56 Å². The molecule has 156 valence electrons. The van der Waals surface area contributed by atoms with E-state index in [1.165, 1.54) is 0 Å². The molecule has 31 heavy (non-hydrogen) atoms. The first-order valence-corrected chi connectivity index (χ1v) is 10.1. The number of nitrogens with zero attached hydrogens (tertiary/aromatic N) is 3. The van der Waals surface area contributed by atoms with E-state index in [-0.39, 0.29) is 5.56 Å². The number of fused-ring (bicyclic) bond motifs is 1. The molecule has 0 spiro atoms. The van der Waals surface area contributed by atoms with E-state index < -0.39 is 0 Å². The van der Waals surface area contributed by atoms with E-state index in [4.69, 9.17) is 10.5 Å². The van der Waals surface area contributed by atoms with Crippen LogP contribution in [0.15, 0.2) is 65.8 Å². The van der Waals surface area contributed by atoms with E-state index in [0.29, 0.717) is 17.0 Å². The van der Waals surface area contributed by atoms with Gasteiger partial charge in [-0.05, 0) is 42.5 Å². The first-order valence-electron chi connectivity index (χ1n) is 10.1. The van der Waals surface area contributed by atoms with Crippen LogP contribution in [0.5, 0.6) is 0 Å². The van der Waals surface area contributed by atoms with Gasteiger partial charge in [0.2, 0.25) is 0 Å². The summed E-state index contributed by atoms with van der Waals surface area (Å²) in [7, 11) is 0. The molecule has 4 N–H and O–H groups in total. The molecule has 8 heteroatoms. The van der Waals surface area contributed by atoms with E-state index in [2.05, 4.69) is 37.3 Å². The van der Waals surface area contributed by atoms with Crippen LogP contribution < -0.4 is 21.5 Å². The summed E-state index contributed by atoms with van der Waals surface area (Å²) in [6, 6.07) is 13.6. The summed E-state index contributed by atoms with van der Waals surface area (Å²) in [5.74, 6) is 0.945. The number of rotatable bonds is 4. The van der Waals surface area contributed by atoms with Gasteiger partial charge in [0.05, 0.1) is 18.6 Å². The van der Waals surface area contributed by atoms with Gasteiger partial charge in [-0.1, -0.05) is 0 Å². The molecule has 0 aliphatic carbocycles. The maximum atomic E-state index is 12.7. The SMILES string of the molecule is Nc1ccc(-c2cnc(Nc3ccc(N4CCOCC4)cc3)c3c(=O)[nH]ccc23)cn1. The lowest BCUT2D eigenvalue weighted by Crippen LogP contribution is -2.36. The van der Waals surface area contributed by atoms with Crippen molar-refractivity contribution in [1.82, 2.24) is 15.0 Å². The van der Waals surface area contributed by atoms with Crippen LogP contribution in [0, 0.1) is 0 Å². The summed E-state index contributed by atoms with van der Waals surface area (Å²) in [6.45, 7) is 3.26. The van der Waals surface area contributed by atoms with Crippen LogP contribution in [-0.2, 0) is 4.74 Å². The molecule has 4 heterocycles. The summed E-state index contributed by atoms with van der Waals surface area (Å²) >= 11 is 0. The van der Waals surface area contributed by atoms with Crippen LogP contribution >= 0.6 is 0 Å². The van der Waals surface area contributed by atoms with Crippen molar-refractivity contribution in [3.8, 4) is 11.1 Å². The third kappa shape index (κ3) is 3.80. The number of hydrogen-bond donors (Lipinski definition) is 3. The summed E-state index contributed by atoms with van der Waals surface area (Å²) in [5, 5.41) is 4.58. The maximum Gasteiger partial charge on any atom is 0.259 e. The molecule has 0 saturated carbocycles. The summed E-state index contributed by atoms with van der Waals surface area (Å²) in [5.41, 5.74) is 9.18. The van der Waals surface area contributed by atoms with Gasteiger partial charge >= 0.3 is 0 Å². The van der Waals surface area contributed by atoms with Crippen molar-refractivity contribution < 1.29 is 4.74 Å². The molecule has 0 bridgehead atoms.